The van der Waals surface area contributed by atoms with Gasteiger partial charge >= 0.3 is 12.1 Å². The van der Waals surface area contributed by atoms with Gasteiger partial charge in [0.1, 0.15) is 18.6 Å². The van der Waals surface area contributed by atoms with Crippen LogP contribution in [-0.4, -0.2) is 30.3 Å². The number of nitrogens with one attached hydrogen (secondary N) is 1. The summed E-state index contributed by atoms with van der Waals surface area (Å²) in [6.07, 6.45) is 0.340. The number of carbonyl (C=O) groups is 2. The van der Waals surface area contributed by atoms with E-state index in [0.717, 1.165) is 0 Å². The molecule has 0 aliphatic carbocycles. The van der Waals surface area contributed by atoms with Crippen molar-refractivity contribution in [3.05, 3.63) is 23.7 Å². The van der Waals surface area contributed by atoms with Crippen LogP contribution in [0, 0.1) is 0 Å². The molecule has 0 bridgehead atoms. The predicted octanol–water partition coefficient (Wildman–Crippen LogP) is 0.163. The maximum atomic E-state index is 10.5. The van der Waals surface area contributed by atoms with Crippen LogP contribution in [0.25, 0.3) is 0 Å². The van der Waals surface area contributed by atoms with Gasteiger partial charge in [0.25, 0.3) is 0 Å². The molecule has 0 aliphatic heterocycles. The van der Waals surface area contributed by atoms with Crippen molar-refractivity contribution in [1.82, 2.24) is 5.32 Å². The van der Waals surface area contributed by atoms with Crippen LogP contribution in [0.5, 0.6) is 0 Å². The number of nitrogens with two attached hydrogens (primary N) is 1. The molecule has 7 nitrogen and oxygen atoms in total. The summed E-state index contributed by atoms with van der Waals surface area (Å²) in [6, 6.07) is 1.42. The number of carboxylic acid groups (broad SMARTS) is 1. The van der Waals surface area contributed by atoms with Crippen LogP contribution in [0.2, 0.25) is 0 Å². The molecule has 0 aliphatic rings. The van der Waals surface area contributed by atoms with Gasteiger partial charge in [-0.25, -0.2) is 9.59 Å². The van der Waals surface area contributed by atoms with Crippen molar-refractivity contribution in [3.63, 3.8) is 0 Å². The largest absolute Gasteiger partial charge is 0.478 e. The van der Waals surface area contributed by atoms with E-state index in [0.29, 0.717) is 18.8 Å². The summed E-state index contributed by atoms with van der Waals surface area (Å²) in [4.78, 5) is 20.7. The molecule has 0 saturated carbocycles. The molecule has 16 heavy (non-hydrogen) atoms. The van der Waals surface area contributed by atoms with Crippen molar-refractivity contribution in [1.29, 1.82) is 0 Å². The zero-order valence-electron chi connectivity index (χ0n) is 8.43. The molecule has 0 fully saturated rings. The number of rotatable bonds is 6. The normalized spacial score (nSPS) is 10.0. The third-order valence-electron chi connectivity index (χ3n) is 1.72. The Labute approximate surface area is 91.2 Å². The summed E-state index contributed by atoms with van der Waals surface area (Å²) in [5.41, 5.74) is 4.85. The molecular formula is C9H12N2O5. The molecule has 0 spiro atoms. The number of primary amides is 1. The highest BCUT2D eigenvalue weighted by atomic mass is 16.5. The molecule has 1 rings (SSSR count). The van der Waals surface area contributed by atoms with E-state index in [1.165, 1.54) is 12.3 Å². The highest BCUT2D eigenvalue weighted by Gasteiger charge is 2.07. The molecule has 1 aromatic heterocycles. The van der Waals surface area contributed by atoms with Gasteiger partial charge in [-0.15, -0.1) is 0 Å². The Morgan fingerprint density at radius 3 is 2.88 bits per heavy atom. The minimum atomic E-state index is -1.04. The van der Waals surface area contributed by atoms with Crippen LogP contribution in [-0.2, 0) is 11.3 Å². The maximum Gasteiger partial charge on any atom is 0.404 e. The average Bonchev–Trinajstić information content (AvgIpc) is 2.65. The van der Waals surface area contributed by atoms with Gasteiger partial charge in [0.2, 0.25) is 0 Å². The fourth-order valence-electron chi connectivity index (χ4n) is 1.02. The molecule has 0 unspecified atom stereocenters. The standard InChI is InChI=1S/C9H12N2O5/c10-9(14)15-2-1-11-4-7-3-6(5-16-7)8(12)13/h3,5,11H,1-2,4H2,(H2,10,14)(H,12,13). The quantitative estimate of drug-likeness (QED) is 0.597. The lowest BCUT2D eigenvalue weighted by atomic mass is 10.3. The number of carboxylic acids is 1. The number of carbonyl (C=O) groups excluding carboxylic acids is 1. The van der Waals surface area contributed by atoms with E-state index < -0.39 is 12.1 Å². The highest BCUT2D eigenvalue weighted by Crippen LogP contribution is 2.06. The first-order valence-corrected chi connectivity index (χ1v) is 4.53. The second-order valence-corrected chi connectivity index (χ2v) is 2.95. The Morgan fingerprint density at radius 2 is 2.31 bits per heavy atom. The van der Waals surface area contributed by atoms with Gasteiger partial charge in [0.15, 0.2) is 0 Å². The monoisotopic (exact) mass is 228 g/mol. The van der Waals surface area contributed by atoms with Crippen molar-refractivity contribution in [3.8, 4) is 0 Å². The van der Waals surface area contributed by atoms with Gasteiger partial charge in [-0.1, -0.05) is 0 Å². The third-order valence-corrected chi connectivity index (χ3v) is 1.72. The van der Waals surface area contributed by atoms with Crippen LogP contribution >= 0.6 is 0 Å². The van der Waals surface area contributed by atoms with Crippen molar-refractivity contribution in [2.24, 2.45) is 5.73 Å². The molecule has 4 N–H and O–H groups in total. The van der Waals surface area contributed by atoms with Crippen LogP contribution in [0.1, 0.15) is 16.1 Å². The number of amides is 1. The van der Waals surface area contributed by atoms with Crippen LogP contribution in [0.15, 0.2) is 16.7 Å². The first kappa shape index (κ1) is 12.1. The number of aromatic carboxylic acids is 1. The first-order chi connectivity index (χ1) is 7.59. The lowest BCUT2D eigenvalue weighted by molar-refractivity contribution is 0.0696. The molecule has 7 heteroatoms. The molecule has 1 aromatic rings. The molecule has 1 heterocycles. The minimum absolute atomic E-state index is 0.102. The van der Waals surface area contributed by atoms with E-state index in [-0.39, 0.29) is 12.2 Å². The Kier molecular flexibility index (Phi) is 4.34. The third kappa shape index (κ3) is 4.01. The molecule has 0 aromatic carbocycles. The van der Waals surface area contributed by atoms with E-state index in [1.54, 1.807) is 0 Å². The van der Waals surface area contributed by atoms with Gasteiger partial charge in [0.05, 0.1) is 12.1 Å². The van der Waals surface area contributed by atoms with Gasteiger partial charge in [-0.2, -0.15) is 0 Å². The van der Waals surface area contributed by atoms with Crippen molar-refractivity contribution < 1.29 is 23.8 Å². The number of furan rings is 1. The second kappa shape index (κ2) is 5.76. The predicted molar refractivity (Wildman–Crippen MR) is 52.9 cm³/mol. The van der Waals surface area contributed by atoms with E-state index in [1.807, 2.05) is 0 Å². The Balaban J connectivity index is 2.21. The molecule has 0 saturated heterocycles. The summed E-state index contributed by atoms with van der Waals surface area (Å²) < 4.78 is 9.45. The average molecular weight is 228 g/mol. The van der Waals surface area contributed by atoms with Gasteiger partial charge in [0, 0.05) is 6.54 Å². The molecular weight excluding hydrogens is 216 g/mol. The van der Waals surface area contributed by atoms with Gasteiger partial charge < -0.3 is 25.3 Å². The molecule has 0 atom stereocenters. The Morgan fingerprint density at radius 1 is 1.56 bits per heavy atom. The summed E-state index contributed by atoms with van der Waals surface area (Å²) in [5, 5.41) is 11.5. The van der Waals surface area contributed by atoms with Crippen molar-refractivity contribution in [2.45, 2.75) is 6.54 Å². The van der Waals surface area contributed by atoms with E-state index in [9.17, 15) is 9.59 Å². The van der Waals surface area contributed by atoms with Crippen LogP contribution in [0.3, 0.4) is 0 Å². The van der Waals surface area contributed by atoms with Crippen LogP contribution < -0.4 is 11.1 Å². The Hall–Kier alpha value is -2.02. The number of hydrogen-bond acceptors (Lipinski definition) is 5. The number of ether oxygens (including phenoxy) is 1. The number of hydrogen-bond donors (Lipinski definition) is 3. The second-order valence-electron chi connectivity index (χ2n) is 2.95. The van der Waals surface area contributed by atoms with Crippen molar-refractivity contribution >= 4 is 12.1 Å². The summed E-state index contributed by atoms with van der Waals surface area (Å²) in [7, 11) is 0. The molecule has 1 amide bonds. The van der Waals surface area contributed by atoms with Gasteiger partial charge in [-0.05, 0) is 6.07 Å². The van der Waals surface area contributed by atoms with E-state index in [4.69, 9.17) is 15.3 Å². The first-order valence-electron chi connectivity index (χ1n) is 4.53. The summed E-state index contributed by atoms with van der Waals surface area (Å²) in [6.45, 7) is 0.920. The highest BCUT2D eigenvalue weighted by molar-refractivity contribution is 5.87. The van der Waals surface area contributed by atoms with E-state index >= 15 is 0 Å². The lowest BCUT2D eigenvalue weighted by Crippen LogP contribution is -2.23. The SMILES string of the molecule is NC(=O)OCCNCc1cc(C(=O)O)co1. The van der Waals surface area contributed by atoms with Gasteiger partial charge in [-0.3, -0.25) is 0 Å². The molecule has 0 radical (unpaired) electrons. The zero-order valence-corrected chi connectivity index (χ0v) is 8.43. The fourth-order valence-corrected chi connectivity index (χ4v) is 1.02. The lowest BCUT2D eigenvalue weighted by Gasteiger charge is -2.02. The summed E-state index contributed by atoms with van der Waals surface area (Å²) >= 11 is 0. The fraction of sp³-hybridized carbons (Fsp3) is 0.333. The minimum Gasteiger partial charge on any atom is -0.478 e. The van der Waals surface area contributed by atoms with Crippen LogP contribution in [0.4, 0.5) is 4.79 Å². The maximum absolute atomic E-state index is 10.5. The van der Waals surface area contributed by atoms with Crippen molar-refractivity contribution in [2.75, 3.05) is 13.2 Å². The zero-order chi connectivity index (χ0) is 12.0. The summed E-state index contributed by atoms with van der Waals surface area (Å²) in [5.74, 6) is -0.538. The smallest absolute Gasteiger partial charge is 0.404 e. The van der Waals surface area contributed by atoms with E-state index in [2.05, 4.69) is 10.1 Å². The topological polar surface area (TPSA) is 115 Å². The Bertz CT molecular complexity index is 374. The molecule has 88 valence electrons.